The molecule has 2 aromatic rings. The normalized spacial score (nSPS) is 10.5. The highest BCUT2D eigenvalue weighted by molar-refractivity contribution is 14.0. The number of halogens is 1. The lowest BCUT2D eigenvalue weighted by molar-refractivity contribution is -0.114. The van der Waals surface area contributed by atoms with Gasteiger partial charge in [0.2, 0.25) is 5.91 Å². The van der Waals surface area contributed by atoms with E-state index in [1.54, 1.807) is 26.2 Å². The van der Waals surface area contributed by atoms with Gasteiger partial charge in [-0.2, -0.15) is 0 Å². The van der Waals surface area contributed by atoms with Gasteiger partial charge in [-0.05, 0) is 36.2 Å². The number of guanidine groups is 1. The molecule has 0 aliphatic carbocycles. The molecule has 0 aliphatic rings. The molecule has 8 nitrogen and oxygen atoms in total. The van der Waals surface area contributed by atoms with Crippen LogP contribution in [0.5, 0.6) is 5.75 Å². The third-order valence-electron chi connectivity index (χ3n) is 4.16. The van der Waals surface area contributed by atoms with E-state index in [0.717, 1.165) is 12.0 Å². The summed E-state index contributed by atoms with van der Waals surface area (Å²) in [5, 5.41) is 11.8. The molecule has 2 amide bonds. The van der Waals surface area contributed by atoms with Crippen molar-refractivity contribution in [2.45, 2.75) is 13.3 Å². The molecule has 0 atom stereocenters. The number of nitrogens with zero attached hydrogens (tertiary/aromatic N) is 1. The highest BCUT2D eigenvalue weighted by atomic mass is 127. The summed E-state index contributed by atoms with van der Waals surface area (Å²) in [6, 6.07) is 14.8. The lowest BCUT2D eigenvalue weighted by atomic mass is 10.1. The van der Waals surface area contributed by atoms with Crippen molar-refractivity contribution in [1.82, 2.24) is 16.0 Å². The third kappa shape index (κ3) is 9.69. The van der Waals surface area contributed by atoms with Crippen molar-refractivity contribution in [3.63, 3.8) is 0 Å². The number of ether oxygens (including phenoxy) is 1. The maximum atomic E-state index is 11.7. The van der Waals surface area contributed by atoms with E-state index in [2.05, 4.69) is 26.3 Å². The van der Waals surface area contributed by atoms with Gasteiger partial charge in [0.15, 0.2) is 5.96 Å². The van der Waals surface area contributed by atoms with Crippen molar-refractivity contribution >= 4 is 47.4 Å². The van der Waals surface area contributed by atoms with Crippen LogP contribution < -0.4 is 26.0 Å². The van der Waals surface area contributed by atoms with Gasteiger partial charge in [0, 0.05) is 44.9 Å². The summed E-state index contributed by atoms with van der Waals surface area (Å²) in [5.74, 6) is 1.14. The minimum atomic E-state index is -0.121. The number of benzene rings is 2. The van der Waals surface area contributed by atoms with Crippen LogP contribution in [0.4, 0.5) is 5.69 Å². The second-order valence-electron chi connectivity index (χ2n) is 6.51. The number of carbonyl (C=O) groups is 2. The molecule has 4 N–H and O–H groups in total. The number of rotatable bonds is 9. The smallest absolute Gasteiger partial charge is 0.251 e. The molecule has 0 bridgehead atoms. The molecule has 0 spiro atoms. The van der Waals surface area contributed by atoms with Crippen LogP contribution in [0.25, 0.3) is 0 Å². The lowest BCUT2D eigenvalue weighted by Crippen LogP contribution is -2.40. The molecule has 0 aliphatic heterocycles. The summed E-state index contributed by atoms with van der Waals surface area (Å²) in [7, 11) is 3.33. The minimum Gasteiger partial charge on any atom is -0.492 e. The first-order chi connectivity index (χ1) is 14.5. The first kappa shape index (κ1) is 26.2. The molecule has 9 heteroatoms. The van der Waals surface area contributed by atoms with E-state index in [1.165, 1.54) is 6.92 Å². The maximum Gasteiger partial charge on any atom is 0.251 e. The van der Waals surface area contributed by atoms with E-state index >= 15 is 0 Å². The summed E-state index contributed by atoms with van der Waals surface area (Å²) < 4.78 is 5.71. The molecule has 2 rings (SSSR count). The number of hydrogen-bond donors (Lipinski definition) is 4. The van der Waals surface area contributed by atoms with E-state index in [4.69, 9.17) is 4.74 Å². The van der Waals surface area contributed by atoms with Gasteiger partial charge in [-0.15, -0.1) is 24.0 Å². The Bertz CT molecular complexity index is 889. The molecule has 0 saturated heterocycles. The van der Waals surface area contributed by atoms with Crippen LogP contribution in [0, 0.1) is 0 Å². The summed E-state index contributed by atoms with van der Waals surface area (Å²) in [5.41, 5.74) is 2.42. The van der Waals surface area contributed by atoms with Crippen LogP contribution in [-0.4, -0.2) is 51.6 Å². The number of amides is 2. The zero-order valence-electron chi connectivity index (χ0n) is 18.0. The first-order valence-electron chi connectivity index (χ1n) is 9.78. The van der Waals surface area contributed by atoms with E-state index in [1.807, 2.05) is 36.4 Å². The largest absolute Gasteiger partial charge is 0.492 e. The molecule has 0 saturated carbocycles. The Morgan fingerprint density at radius 2 is 1.77 bits per heavy atom. The predicted octanol–water partition coefficient (Wildman–Crippen LogP) is 2.41. The standard InChI is InChI=1S/C22H29N5O3.HI/c1-16(28)27-19-8-5-9-20(15-19)30-13-12-26-22(24-3)25-11-10-17-6-4-7-18(14-17)21(29)23-2;/h4-9,14-15H,10-13H2,1-3H3,(H,23,29)(H,27,28)(H2,24,25,26);1H. The van der Waals surface area contributed by atoms with Gasteiger partial charge in [-0.3, -0.25) is 14.6 Å². The molecule has 31 heavy (non-hydrogen) atoms. The fraction of sp³-hybridized carbons (Fsp3) is 0.318. The van der Waals surface area contributed by atoms with Gasteiger partial charge < -0.3 is 26.0 Å². The van der Waals surface area contributed by atoms with Gasteiger partial charge in [0.1, 0.15) is 12.4 Å². The van der Waals surface area contributed by atoms with Crippen LogP contribution in [0.3, 0.4) is 0 Å². The molecular formula is C22H30IN5O3. The second kappa shape index (κ2) is 14.2. The molecule has 0 heterocycles. The Morgan fingerprint density at radius 1 is 1.03 bits per heavy atom. The molecular weight excluding hydrogens is 509 g/mol. The third-order valence-corrected chi connectivity index (χ3v) is 4.16. The number of nitrogens with one attached hydrogen (secondary N) is 4. The van der Waals surface area contributed by atoms with Gasteiger partial charge in [0.05, 0.1) is 6.54 Å². The first-order valence-corrected chi connectivity index (χ1v) is 9.78. The maximum absolute atomic E-state index is 11.7. The summed E-state index contributed by atoms with van der Waals surface area (Å²) in [4.78, 5) is 27.0. The van der Waals surface area contributed by atoms with E-state index in [-0.39, 0.29) is 35.8 Å². The minimum absolute atomic E-state index is 0. The van der Waals surface area contributed by atoms with Crippen LogP contribution in [-0.2, 0) is 11.2 Å². The Kier molecular flexibility index (Phi) is 12.0. The average Bonchev–Trinajstić information content (AvgIpc) is 2.74. The average molecular weight is 539 g/mol. The van der Waals surface area contributed by atoms with E-state index in [0.29, 0.717) is 42.7 Å². The highest BCUT2D eigenvalue weighted by Gasteiger charge is 2.04. The molecule has 0 unspecified atom stereocenters. The summed E-state index contributed by atoms with van der Waals surface area (Å²) in [6.07, 6.45) is 0.762. The van der Waals surface area contributed by atoms with Crippen LogP contribution in [0.15, 0.2) is 53.5 Å². The van der Waals surface area contributed by atoms with Crippen molar-refractivity contribution in [2.24, 2.45) is 4.99 Å². The van der Waals surface area contributed by atoms with Crippen LogP contribution in [0.1, 0.15) is 22.8 Å². The number of hydrogen-bond acceptors (Lipinski definition) is 4. The van der Waals surface area contributed by atoms with Crippen molar-refractivity contribution in [1.29, 1.82) is 0 Å². The molecule has 2 aromatic carbocycles. The van der Waals surface area contributed by atoms with Crippen molar-refractivity contribution in [2.75, 3.05) is 39.1 Å². The number of aliphatic imine (C=N–C) groups is 1. The monoisotopic (exact) mass is 539 g/mol. The Hall–Kier alpha value is -2.82. The van der Waals surface area contributed by atoms with Crippen molar-refractivity contribution in [3.05, 3.63) is 59.7 Å². The molecule has 0 radical (unpaired) electrons. The molecule has 0 aromatic heterocycles. The Labute approximate surface area is 200 Å². The predicted molar refractivity (Wildman–Crippen MR) is 135 cm³/mol. The van der Waals surface area contributed by atoms with Gasteiger partial charge in [-0.25, -0.2) is 0 Å². The molecule has 168 valence electrons. The van der Waals surface area contributed by atoms with Gasteiger partial charge >= 0.3 is 0 Å². The topological polar surface area (TPSA) is 104 Å². The van der Waals surface area contributed by atoms with Crippen LogP contribution >= 0.6 is 24.0 Å². The summed E-state index contributed by atoms with van der Waals surface area (Å²) >= 11 is 0. The quantitative estimate of drug-likeness (QED) is 0.170. The Morgan fingerprint density at radius 3 is 2.48 bits per heavy atom. The Balaban J connectivity index is 0.00000480. The highest BCUT2D eigenvalue weighted by Crippen LogP contribution is 2.17. The van der Waals surface area contributed by atoms with E-state index in [9.17, 15) is 9.59 Å². The summed E-state index contributed by atoms with van der Waals surface area (Å²) in [6.45, 7) is 3.15. The number of anilines is 1. The fourth-order valence-electron chi connectivity index (χ4n) is 2.76. The lowest BCUT2D eigenvalue weighted by Gasteiger charge is -2.13. The SMILES string of the molecule is CN=C(NCCOc1cccc(NC(C)=O)c1)NCCc1cccc(C(=O)NC)c1.I. The van der Waals surface area contributed by atoms with Gasteiger partial charge in [0.25, 0.3) is 5.91 Å². The zero-order chi connectivity index (χ0) is 21.8. The van der Waals surface area contributed by atoms with E-state index < -0.39 is 0 Å². The van der Waals surface area contributed by atoms with Crippen molar-refractivity contribution < 1.29 is 14.3 Å². The number of carbonyl (C=O) groups excluding carboxylic acids is 2. The second-order valence-corrected chi connectivity index (χ2v) is 6.51. The van der Waals surface area contributed by atoms with Crippen LogP contribution in [0.2, 0.25) is 0 Å². The fourth-order valence-corrected chi connectivity index (χ4v) is 2.76. The van der Waals surface area contributed by atoms with Crippen molar-refractivity contribution in [3.8, 4) is 5.75 Å². The zero-order valence-corrected chi connectivity index (χ0v) is 20.4. The molecule has 0 fully saturated rings. The van der Waals surface area contributed by atoms with Gasteiger partial charge in [-0.1, -0.05) is 18.2 Å².